The number of rotatable bonds is 7. The maximum atomic E-state index is 5.96. The number of hydrogen-bond donors (Lipinski definition) is 1. The van der Waals surface area contributed by atoms with Gasteiger partial charge in [-0.05, 0) is 24.1 Å². The summed E-state index contributed by atoms with van der Waals surface area (Å²) in [5.74, 6) is 2.44. The van der Waals surface area contributed by atoms with Crippen molar-refractivity contribution >= 4 is 11.3 Å². The van der Waals surface area contributed by atoms with Crippen molar-refractivity contribution in [3.05, 3.63) is 40.1 Å². The molecule has 0 atom stereocenters. The SMILES string of the molecule is CCNCc1cc2c(cc1OCCc1cccs1)OCO2. The van der Waals surface area contributed by atoms with Crippen LogP contribution in [0.15, 0.2) is 29.6 Å². The monoisotopic (exact) mass is 305 g/mol. The Labute approximate surface area is 128 Å². The van der Waals surface area contributed by atoms with Gasteiger partial charge in [0.25, 0.3) is 0 Å². The number of ether oxygens (including phenoxy) is 3. The fourth-order valence-corrected chi connectivity index (χ4v) is 2.90. The standard InChI is InChI=1S/C16H19NO3S/c1-2-17-10-12-8-15-16(20-11-19-15)9-14(12)18-6-5-13-4-3-7-21-13/h3-4,7-9,17H,2,5-6,10-11H2,1H3. The summed E-state index contributed by atoms with van der Waals surface area (Å²) >= 11 is 1.76. The van der Waals surface area contributed by atoms with E-state index >= 15 is 0 Å². The second-order valence-corrected chi connectivity index (χ2v) is 5.80. The van der Waals surface area contributed by atoms with Crippen LogP contribution in [0.2, 0.25) is 0 Å². The van der Waals surface area contributed by atoms with E-state index in [9.17, 15) is 0 Å². The van der Waals surface area contributed by atoms with E-state index in [0.29, 0.717) is 6.61 Å². The number of fused-ring (bicyclic) bond motifs is 1. The molecule has 0 spiro atoms. The lowest BCUT2D eigenvalue weighted by atomic mass is 10.1. The normalized spacial score (nSPS) is 12.6. The van der Waals surface area contributed by atoms with Crippen LogP contribution in [0.25, 0.3) is 0 Å². The molecule has 1 N–H and O–H groups in total. The van der Waals surface area contributed by atoms with Gasteiger partial charge in [0.2, 0.25) is 6.79 Å². The number of benzene rings is 1. The van der Waals surface area contributed by atoms with E-state index in [2.05, 4.69) is 29.8 Å². The Hall–Kier alpha value is -1.72. The average molecular weight is 305 g/mol. The Morgan fingerprint density at radius 3 is 2.90 bits per heavy atom. The third-order valence-electron chi connectivity index (χ3n) is 3.31. The van der Waals surface area contributed by atoms with Crippen LogP contribution in [0.1, 0.15) is 17.4 Å². The van der Waals surface area contributed by atoms with Gasteiger partial charge < -0.3 is 19.5 Å². The molecule has 21 heavy (non-hydrogen) atoms. The van der Waals surface area contributed by atoms with Crippen LogP contribution in [-0.4, -0.2) is 19.9 Å². The quantitative estimate of drug-likeness (QED) is 0.852. The Morgan fingerprint density at radius 1 is 1.29 bits per heavy atom. The Balaban J connectivity index is 1.69. The summed E-state index contributed by atoms with van der Waals surface area (Å²) in [6.07, 6.45) is 0.923. The van der Waals surface area contributed by atoms with Gasteiger partial charge in [-0.25, -0.2) is 0 Å². The van der Waals surface area contributed by atoms with Crippen molar-refractivity contribution in [3.8, 4) is 17.2 Å². The molecule has 2 aromatic rings. The van der Waals surface area contributed by atoms with E-state index in [1.807, 2.05) is 12.1 Å². The highest BCUT2D eigenvalue weighted by Crippen LogP contribution is 2.38. The van der Waals surface area contributed by atoms with Crippen molar-refractivity contribution in [2.45, 2.75) is 19.9 Å². The molecule has 3 rings (SSSR count). The highest BCUT2D eigenvalue weighted by molar-refractivity contribution is 7.09. The molecular formula is C16H19NO3S. The highest BCUT2D eigenvalue weighted by atomic mass is 32.1. The van der Waals surface area contributed by atoms with Crippen molar-refractivity contribution < 1.29 is 14.2 Å². The molecule has 0 aliphatic carbocycles. The van der Waals surface area contributed by atoms with Crippen LogP contribution in [-0.2, 0) is 13.0 Å². The molecule has 0 unspecified atom stereocenters. The fourth-order valence-electron chi connectivity index (χ4n) is 2.21. The van der Waals surface area contributed by atoms with Gasteiger partial charge in [0.05, 0.1) is 6.61 Å². The van der Waals surface area contributed by atoms with E-state index < -0.39 is 0 Å². The van der Waals surface area contributed by atoms with Gasteiger partial charge in [-0.2, -0.15) is 0 Å². The molecule has 1 aliphatic heterocycles. The molecule has 112 valence electrons. The highest BCUT2D eigenvalue weighted by Gasteiger charge is 2.17. The van der Waals surface area contributed by atoms with Gasteiger partial charge >= 0.3 is 0 Å². The molecule has 0 fully saturated rings. The summed E-state index contributed by atoms with van der Waals surface area (Å²) in [6.45, 7) is 4.72. The molecule has 0 bridgehead atoms. The summed E-state index contributed by atoms with van der Waals surface area (Å²) in [5, 5.41) is 5.42. The first-order valence-electron chi connectivity index (χ1n) is 7.15. The molecule has 0 amide bonds. The first kappa shape index (κ1) is 14.2. The predicted molar refractivity (Wildman–Crippen MR) is 83.5 cm³/mol. The number of hydrogen-bond acceptors (Lipinski definition) is 5. The van der Waals surface area contributed by atoms with Crippen molar-refractivity contribution in [1.29, 1.82) is 0 Å². The molecule has 0 saturated heterocycles. The van der Waals surface area contributed by atoms with E-state index in [0.717, 1.165) is 42.3 Å². The zero-order valence-corrected chi connectivity index (χ0v) is 12.9. The van der Waals surface area contributed by atoms with Crippen molar-refractivity contribution in [3.63, 3.8) is 0 Å². The lowest BCUT2D eigenvalue weighted by molar-refractivity contribution is 0.173. The van der Waals surface area contributed by atoms with Gasteiger partial charge in [-0.3, -0.25) is 0 Å². The molecule has 2 heterocycles. The third kappa shape index (κ3) is 3.49. The van der Waals surface area contributed by atoms with Gasteiger partial charge in [0, 0.05) is 29.5 Å². The maximum Gasteiger partial charge on any atom is 0.231 e. The topological polar surface area (TPSA) is 39.7 Å². The van der Waals surface area contributed by atoms with Crippen molar-refractivity contribution in [2.75, 3.05) is 19.9 Å². The van der Waals surface area contributed by atoms with Gasteiger partial charge in [0.1, 0.15) is 5.75 Å². The fraction of sp³-hybridized carbons (Fsp3) is 0.375. The van der Waals surface area contributed by atoms with Crippen LogP contribution in [0.3, 0.4) is 0 Å². The zero-order valence-electron chi connectivity index (χ0n) is 12.1. The minimum absolute atomic E-state index is 0.286. The summed E-state index contributed by atoms with van der Waals surface area (Å²) in [7, 11) is 0. The summed E-state index contributed by atoms with van der Waals surface area (Å²) in [4.78, 5) is 1.34. The minimum atomic E-state index is 0.286. The lowest BCUT2D eigenvalue weighted by Gasteiger charge is -2.12. The molecule has 1 aliphatic rings. The first-order valence-corrected chi connectivity index (χ1v) is 8.03. The zero-order chi connectivity index (χ0) is 14.5. The summed E-state index contributed by atoms with van der Waals surface area (Å²) in [6, 6.07) is 8.14. The smallest absolute Gasteiger partial charge is 0.231 e. The third-order valence-corrected chi connectivity index (χ3v) is 4.24. The minimum Gasteiger partial charge on any atom is -0.493 e. The van der Waals surface area contributed by atoms with Gasteiger partial charge in [0.15, 0.2) is 11.5 Å². The van der Waals surface area contributed by atoms with Crippen LogP contribution in [0.4, 0.5) is 0 Å². The van der Waals surface area contributed by atoms with Crippen LogP contribution in [0, 0.1) is 0 Å². The van der Waals surface area contributed by atoms with Crippen LogP contribution in [0.5, 0.6) is 17.2 Å². The molecule has 0 saturated carbocycles. The van der Waals surface area contributed by atoms with E-state index in [1.165, 1.54) is 4.88 Å². The molecule has 1 aromatic carbocycles. The first-order chi connectivity index (χ1) is 10.4. The number of nitrogens with one attached hydrogen (secondary N) is 1. The Kier molecular flexibility index (Phi) is 4.62. The van der Waals surface area contributed by atoms with Crippen LogP contribution >= 0.6 is 11.3 Å². The molecular weight excluding hydrogens is 286 g/mol. The van der Waals surface area contributed by atoms with Crippen LogP contribution < -0.4 is 19.5 Å². The second-order valence-electron chi connectivity index (χ2n) is 4.77. The predicted octanol–water partition coefficient (Wildman–Crippen LogP) is 3.21. The molecule has 4 nitrogen and oxygen atoms in total. The van der Waals surface area contributed by atoms with E-state index in [1.54, 1.807) is 11.3 Å². The summed E-state index contributed by atoms with van der Waals surface area (Å²) in [5.41, 5.74) is 1.10. The molecule has 1 aromatic heterocycles. The Bertz CT molecular complexity index is 583. The molecule has 0 radical (unpaired) electrons. The Morgan fingerprint density at radius 2 is 2.14 bits per heavy atom. The van der Waals surface area contributed by atoms with E-state index in [4.69, 9.17) is 14.2 Å². The second kappa shape index (κ2) is 6.83. The maximum absolute atomic E-state index is 5.96. The largest absolute Gasteiger partial charge is 0.493 e. The molecule has 5 heteroatoms. The van der Waals surface area contributed by atoms with Crippen molar-refractivity contribution in [1.82, 2.24) is 5.32 Å². The van der Waals surface area contributed by atoms with Crippen molar-refractivity contribution in [2.24, 2.45) is 0 Å². The van der Waals surface area contributed by atoms with E-state index in [-0.39, 0.29) is 6.79 Å². The summed E-state index contributed by atoms with van der Waals surface area (Å²) < 4.78 is 16.8. The lowest BCUT2D eigenvalue weighted by Crippen LogP contribution is -2.13. The number of thiophene rings is 1. The van der Waals surface area contributed by atoms with Gasteiger partial charge in [-0.1, -0.05) is 13.0 Å². The average Bonchev–Trinajstić information content (AvgIpc) is 3.15. The van der Waals surface area contributed by atoms with Gasteiger partial charge in [-0.15, -0.1) is 11.3 Å².